The zero-order valence-corrected chi connectivity index (χ0v) is 18.8. The van der Waals surface area contributed by atoms with Crippen LogP contribution in [0.5, 0.6) is 5.75 Å². The Labute approximate surface area is 191 Å². The average molecular weight is 435 g/mol. The summed E-state index contributed by atoms with van der Waals surface area (Å²) in [7, 11) is 0. The summed E-state index contributed by atoms with van der Waals surface area (Å²) in [4.78, 5) is 21.2. The maximum atomic E-state index is 12.6. The normalized spacial score (nSPS) is 19.8. The van der Waals surface area contributed by atoms with Crippen LogP contribution in [0.25, 0.3) is 0 Å². The van der Waals surface area contributed by atoms with Crippen molar-refractivity contribution in [3.8, 4) is 5.75 Å². The number of fused-ring (bicyclic) bond motifs is 1. The van der Waals surface area contributed by atoms with Crippen LogP contribution in [-0.4, -0.2) is 46.6 Å². The van der Waals surface area contributed by atoms with E-state index in [9.17, 15) is 4.79 Å². The number of piperidine rings is 1. The highest BCUT2D eigenvalue weighted by Crippen LogP contribution is 2.28. The number of urea groups is 1. The second-order valence-corrected chi connectivity index (χ2v) is 9.55. The lowest BCUT2D eigenvalue weighted by Gasteiger charge is -2.32. The number of benzene rings is 1. The average Bonchev–Trinajstić information content (AvgIpc) is 3.50. The minimum Gasteiger partial charge on any atom is -0.490 e. The summed E-state index contributed by atoms with van der Waals surface area (Å²) in [6.07, 6.45) is 13.2. The molecule has 170 valence electrons. The molecule has 32 heavy (non-hydrogen) atoms. The molecule has 2 amide bonds. The van der Waals surface area contributed by atoms with Crippen LogP contribution in [0.4, 0.5) is 10.5 Å². The number of carbonyl (C=O) groups excluding carboxylic acids is 1. The van der Waals surface area contributed by atoms with E-state index in [4.69, 9.17) is 4.74 Å². The van der Waals surface area contributed by atoms with E-state index in [0.29, 0.717) is 13.1 Å². The minimum absolute atomic E-state index is 0.0835. The van der Waals surface area contributed by atoms with Crippen molar-refractivity contribution in [2.75, 3.05) is 25.0 Å². The maximum absolute atomic E-state index is 12.6. The Morgan fingerprint density at radius 1 is 1.00 bits per heavy atom. The van der Waals surface area contributed by atoms with Gasteiger partial charge in [0.05, 0.1) is 0 Å². The third-order valence-electron chi connectivity index (χ3n) is 7.29. The summed E-state index contributed by atoms with van der Waals surface area (Å²) in [5, 5.41) is 3.00. The quantitative estimate of drug-likeness (QED) is 0.691. The number of carbonyl (C=O) groups is 1. The van der Waals surface area contributed by atoms with Crippen molar-refractivity contribution in [1.82, 2.24) is 14.8 Å². The summed E-state index contributed by atoms with van der Waals surface area (Å²) in [6, 6.07) is 9.67. The van der Waals surface area contributed by atoms with Gasteiger partial charge in [0.15, 0.2) is 0 Å². The molecule has 0 unspecified atom stereocenters. The molecule has 1 saturated carbocycles. The molecule has 6 heteroatoms. The van der Waals surface area contributed by atoms with Gasteiger partial charge in [0, 0.05) is 44.3 Å². The molecule has 1 N–H and O–H groups in total. The molecule has 2 fully saturated rings. The van der Waals surface area contributed by atoms with Gasteiger partial charge < -0.3 is 19.9 Å². The van der Waals surface area contributed by atoms with Gasteiger partial charge >= 0.3 is 6.03 Å². The van der Waals surface area contributed by atoms with Crippen molar-refractivity contribution < 1.29 is 9.53 Å². The van der Waals surface area contributed by atoms with Gasteiger partial charge in [-0.05, 0) is 73.2 Å². The second kappa shape index (κ2) is 9.90. The highest BCUT2D eigenvalue weighted by molar-refractivity contribution is 5.89. The Bertz CT molecular complexity index is 877. The van der Waals surface area contributed by atoms with Gasteiger partial charge in [0.1, 0.15) is 11.9 Å². The number of amides is 2. The lowest BCUT2D eigenvalue weighted by molar-refractivity contribution is 0.0972. The van der Waals surface area contributed by atoms with Crippen molar-refractivity contribution in [1.29, 1.82) is 0 Å². The molecule has 5 rings (SSSR count). The van der Waals surface area contributed by atoms with E-state index in [1.807, 2.05) is 36.5 Å². The van der Waals surface area contributed by atoms with Gasteiger partial charge in [-0.3, -0.25) is 4.98 Å². The van der Waals surface area contributed by atoms with Gasteiger partial charge in [0.25, 0.3) is 0 Å². The first-order valence-electron chi connectivity index (χ1n) is 12.2. The zero-order chi connectivity index (χ0) is 21.8. The highest BCUT2D eigenvalue weighted by Gasteiger charge is 2.24. The smallest absolute Gasteiger partial charge is 0.322 e. The fourth-order valence-corrected chi connectivity index (χ4v) is 5.29. The third kappa shape index (κ3) is 5.23. The zero-order valence-electron chi connectivity index (χ0n) is 18.8. The lowest BCUT2D eigenvalue weighted by atomic mass is 10.0. The monoisotopic (exact) mass is 434 g/mol. The Morgan fingerprint density at radius 3 is 2.50 bits per heavy atom. The lowest BCUT2D eigenvalue weighted by Crippen LogP contribution is -2.39. The van der Waals surface area contributed by atoms with E-state index >= 15 is 0 Å². The number of pyridine rings is 1. The van der Waals surface area contributed by atoms with E-state index in [2.05, 4.69) is 15.2 Å². The van der Waals surface area contributed by atoms with E-state index in [-0.39, 0.29) is 12.1 Å². The first-order valence-corrected chi connectivity index (χ1v) is 12.2. The van der Waals surface area contributed by atoms with Crippen LogP contribution in [0.2, 0.25) is 0 Å². The molecule has 3 aliphatic rings. The number of anilines is 1. The Balaban J connectivity index is 1.05. The van der Waals surface area contributed by atoms with Crippen LogP contribution in [0.15, 0.2) is 42.7 Å². The highest BCUT2D eigenvalue weighted by atomic mass is 16.5. The molecule has 0 radical (unpaired) electrons. The van der Waals surface area contributed by atoms with Gasteiger partial charge in [-0.25, -0.2) is 4.79 Å². The van der Waals surface area contributed by atoms with E-state index in [1.165, 1.54) is 44.2 Å². The molecular weight excluding hydrogens is 400 g/mol. The molecule has 1 aromatic heterocycles. The first-order chi connectivity index (χ1) is 15.7. The molecule has 1 aliphatic carbocycles. The van der Waals surface area contributed by atoms with Crippen molar-refractivity contribution in [3.63, 3.8) is 0 Å². The van der Waals surface area contributed by atoms with E-state index < -0.39 is 0 Å². The van der Waals surface area contributed by atoms with Gasteiger partial charge in [-0.2, -0.15) is 0 Å². The molecule has 2 aliphatic heterocycles. The summed E-state index contributed by atoms with van der Waals surface area (Å²) in [5.74, 6) is 1.85. The van der Waals surface area contributed by atoms with Crippen LogP contribution in [0.3, 0.4) is 0 Å². The van der Waals surface area contributed by atoms with Crippen LogP contribution >= 0.6 is 0 Å². The first kappa shape index (κ1) is 21.3. The van der Waals surface area contributed by atoms with Crippen molar-refractivity contribution in [2.45, 2.75) is 64.1 Å². The fraction of sp³-hybridized carbons (Fsp3) is 0.538. The van der Waals surface area contributed by atoms with Crippen molar-refractivity contribution in [2.24, 2.45) is 5.92 Å². The summed E-state index contributed by atoms with van der Waals surface area (Å²) < 4.78 is 6.23. The molecule has 0 bridgehead atoms. The number of nitrogens with zero attached hydrogens (tertiary/aromatic N) is 3. The maximum Gasteiger partial charge on any atom is 0.322 e. The van der Waals surface area contributed by atoms with Crippen LogP contribution in [-0.2, 0) is 13.1 Å². The van der Waals surface area contributed by atoms with Gasteiger partial charge in [0.2, 0.25) is 0 Å². The summed E-state index contributed by atoms with van der Waals surface area (Å²) in [6.45, 7) is 4.77. The second-order valence-electron chi connectivity index (χ2n) is 9.55. The van der Waals surface area contributed by atoms with Gasteiger partial charge in [-0.15, -0.1) is 0 Å². The molecule has 2 aromatic rings. The third-order valence-corrected chi connectivity index (χ3v) is 7.29. The fourth-order valence-electron chi connectivity index (χ4n) is 5.29. The molecule has 6 nitrogen and oxygen atoms in total. The molecule has 0 atom stereocenters. The number of likely N-dealkylation sites (tertiary alicyclic amines) is 1. The Morgan fingerprint density at radius 2 is 1.75 bits per heavy atom. The summed E-state index contributed by atoms with van der Waals surface area (Å²) >= 11 is 0. The largest absolute Gasteiger partial charge is 0.490 e. The number of ether oxygens (including phenoxy) is 1. The van der Waals surface area contributed by atoms with Gasteiger partial charge in [-0.1, -0.05) is 25.7 Å². The molecule has 1 aromatic carbocycles. The molecule has 3 heterocycles. The molecule has 1 saturated heterocycles. The summed E-state index contributed by atoms with van der Waals surface area (Å²) in [5.41, 5.74) is 3.08. The van der Waals surface area contributed by atoms with Crippen LogP contribution in [0.1, 0.15) is 56.1 Å². The number of nitrogens with one attached hydrogen (secondary N) is 1. The van der Waals surface area contributed by atoms with E-state index in [0.717, 1.165) is 48.8 Å². The van der Waals surface area contributed by atoms with E-state index in [1.54, 1.807) is 11.1 Å². The predicted octanol–water partition coefficient (Wildman–Crippen LogP) is 5.05. The Kier molecular flexibility index (Phi) is 6.58. The standard InChI is InChI=1S/C26H34N4O2/c31-26(30-18-21-9-13-27-17-22(21)19-30)28-23-5-7-24(8-6-23)32-25-11-15-29(16-12-25)14-10-20-3-1-2-4-20/h5-9,13,17,20,25H,1-4,10-12,14-16,18-19H2,(H,28,31). The minimum atomic E-state index is -0.0835. The van der Waals surface area contributed by atoms with Crippen LogP contribution < -0.4 is 10.1 Å². The van der Waals surface area contributed by atoms with Crippen LogP contribution in [0, 0.1) is 5.92 Å². The van der Waals surface area contributed by atoms with Crippen molar-refractivity contribution in [3.05, 3.63) is 53.9 Å². The molecule has 0 spiro atoms. The number of aromatic nitrogens is 1. The predicted molar refractivity (Wildman–Crippen MR) is 126 cm³/mol. The molecular formula is C26H34N4O2. The Hall–Kier alpha value is -2.60. The topological polar surface area (TPSA) is 57.7 Å². The number of hydrogen-bond acceptors (Lipinski definition) is 4. The number of hydrogen-bond donors (Lipinski definition) is 1. The SMILES string of the molecule is O=C(Nc1ccc(OC2CCN(CCC3CCCC3)CC2)cc1)N1Cc2ccncc2C1. The van der Waals surface area contributed by atoms with Crippen molar-refractivity contribution >= 4 is 11.7 Å². The number of rotatable bonds is 6.